The van der Waals surface area contributed by atoms with Crippen LogP contribution >= 0.6 is 0 Å². The van der Waals surface area contributed by atoms with Gasteiger partial charge in [-0.3, -0.25) is 4.39 Å². The molecule has 0 saturated carbocycles. The molecule has 0 aliphatic rings. The van der Waals surface area contributed by atoms with Crippen LogP contribution in [-0.2, 0) is 121 Å². The third-order valence-corrected chi connectivity index (χ3v) is 14.9. The van der Waals surface area contributed by atoms with Crippen molar-refractivity contribution in [2.24, 2.45) is 0 Å². The zero-order chi connectivity index (χ0) is 86.2. The van der Waals surface area contributed by atoms with E-state index in [1.165, 1.54) is 77.7 Å². The standard InChI is InChI=1S/2C15H10N.C13H11FN.C13H12NO.C13H8N.C12H10N.C3H6O2.C2HF3O2.4C2H4O2.6Ir/c2*1-2-7-13(8-3-1)15-14-9-5-4-6-12(14)10-11-16-15;1-9-4-3-7-15-13(9)12-6-5-11(14)8-10(12)2;1-10-4-3-9-14-13(10)11-5-7-12(15-2)8-6-11;1-2-6-12-10(4-1)7-8-11-5-3-9-14-13(11)12;1-10-6-5-9-13-12(10)11-7-3-2-4-8-11;1-2-3(4)5;3-2(4,5)1(6)7;4*1-2(3)4;;;;;;/h2*1-7,9-11H;3-5,7-8H,1-2H3;3-5,7-9H,1-2H3;1-5,7-9H;2-7,9H,1H3;2H2,1H3,(H,4,5);(H,6,7);4*1H3,(H,3,4);;;;;;/q6*-1;;;;;;;;;;;;/p+6. The molecule has 123 heavy (non-hydrogen) atoms. The van der Waals surface area contributed by atoms with E-state index < -0.39 is 42.0 Å². The fourth-order valence-corrected chi connectivity index (χ4v) is 9.82. The van der Waals surface area contributed by atoms with Crippen LogP contribution in [0.4, 0.5) is 17.6 Å². The van der Waals surface area contributed by atoms with E-state index in [1.54, 1.807) is 26.4 Å². The Morgan fingerprint density at radius 2 is 0.707 bits per heavy atom. The molecule has 6 radical (unpaired) electrons. The fourth-order valence-electron chi connectivity index (χ4n) is 9.82. The maximum atomic E-state index is 12.9. The summed E-state index contributed by atoms with van der Waals surface area (Å²) in [5.74, 6) is -4.78. The van der Waals surface area contributed by atoms with Crippen LogP contribution in [-0.4, -0.2) is 138 Å². The number of ether oxygens (including phenoxy) is 1. The van der Waals surface area contributed by atoms with Crippen LogP contribution < -0.4 is 4.74 Å². The quantitative estimate of drug-likeness (QED) is 0.0374. The molecule has 15 rings (SSSR count). The molecule has 0 aliphatic heterocycles. The molecule has 0 bridgehead atoms. The molecule has 0 atom stereocenters. The molecule has 19 nitrogen and oxygen atoms in total. The Kier molecular flexibility index (Phi) is 60.5. The predicted molar refractivity (Wildman–Crippen MR) is 458 cm³/mol. The van der Waals surface area contributed by atoms with Gasteiger partial charge in [0.2, 0.25) is 0 Å². The van der Waals surface area contributed by atoms with Gasteiger partial charge in [0, 0.05) is 169 Å². The van der Waals surface area contributed by atoms with Crippen molar-refractivity contribution in [1.82, 2.24) is 29.9 Å². The van der Waals surface area contributed by atoms with E-state index in [0.29, 0.717) is 6.42 Å². The van der Waals surface area contributed by atoms with Gasteiger partial charge < -0.3 is 94.0 Å². The third-order valence-electron chi connectivity index (χ3n) is 14.9. The van der Waals surface area contributed by atoms with Crippen molar-refractivity contribution < 1.29 is 202 Å². The van der Waals surface area contributed by atoms with Gasteiger partial charge in [-0.2, -0.15) is 13.2 Å². The fraction of sp³-hybridized carbons (Fsp3) is 0.128. The smallest absolute Gasteiger partial charge is 0.540 e. The molecule has 29 heteroatoms. The molecule has 6 aromatic heterocycles. The average Bonchev–Trinajstić information content (AvgIpc) is 0.924. The molecule has 0 amide bonds. The van der Waals surface area contributed by atoms with Crippen molar-refractivity contribution >= 4 is 79.0 Å². The predicted octanol–water partition coefficient (Wildman–Crippen LogP) is 20.9. The number of alkyl halides is 3. The summed E-state index contributed by atoms with van der Waals surface area (Å²) in [6, 6.07) is 97.9. The summed E-state index contributed by atoms with van der Waals surface area (Å²) in [6.07, 6.45) is 6.21. The van der Waals surface area contributed by atoms with Crippen LogP contribution in [0.1, 0.15) is 63.3 Å². The van der Waals surface area contributed by atoms with Crippen molar-refractivity contribution in [2.45, 2.75) is 74.9 Å². The second-order valence-corrected chi connectivity index (χ2v) is 24.2. The zero-order valence-corrected chi connectivity index (χ0v) is 82.1. The molecule has 0 aliphatic carbocycles. The van der Waals surface area contributed by atoms with E-state index in [1.807, 2.05) is 221 Å². The normalized spacial score (nSPS) is 9.25. The summed E-state index contributed by atoms with van der Waals surface area (Å²) >= 11 is 0. The van der Waals surface area contributed by atoms with Crippen LogP contribution in [0.2, 0.25) is 0 Å². The molecule has 0 unspecified atom stereocenters. The molecule has 12 N–H and O–H groups in total. The number of benzene rings is 9. The molecule has 656 valence electrons. The Labute approximate surface area is 792 Å². The van der Waals surface area contributed by atoms with Gasteiger partial charge in [-0.05, 0) is 125 Å². The van der Waals surface area contributed by atoms with Crippen molar-refractivity contribution in [3.8, 4) is 62.0 Å². The first-order valence-corrected chi connectivity index (χ1v) is 35.5. The van der Waals surface area contributed by atoms with Crippen LogP contribution in [0.5, 0.6) is 5.75 Å². The topological polar surface area (TPSA) is 336 Å². The van der Waals surface area contributed by atoms with E-state index in [2.05, 4.69) is 128 Å². The number of hydrogen-bond donors (Lipinski definition) is 6. The SMILES string of the molecule is CC(O)=[OH+].CC(O)=[OH+].CC(O)=[OH+].CC(O)=[OH+].CCC(O)=[OH+].COc1c[c-]c(-c2ncccc2C)cc1.Cc1cc(F)c[c-]c1-c1ncccc1C.Cc1cccnc1-c1[c-]cccc1.OC(=[OH+])C(F)(F)F.[Ir].[Ir].[Ir].[Ir].[Ir].[Ir].[c-]1cccc2ccc3cccnc3c12.[c-]1ccccc1-c1nccc2ccccc12.[c-]1ccccc1-c1nccc2ccccc12. The molecule has 15 aromatic rings. The summed E-state index contributed by atoms with van der Waals surface area (Å²) in [5.41, 5.74) is 15.2. The molecule has 0 spiro atoms. The van der Waals surface area contributed by atoms with Crippen LogP contribution in [0, 0.1) is 69.9 Å². The van der Waals surface area contributed by atoms with Gasteiger partial charge in [0.15, 0.2) is 0 Å². The maximum Gasteiger partial charge on any atom is 0.591 e. The first-order chi connectivity index (χ1) is 55.9. The molecule has 0 fully saturated rings. The number of carboxylic acid groups (broad SMARTS) is 6. The van der Waals surface area contributed by atoms with E-state index in [0.717, 1.165) is 89.6 Å². The van der Waals surface area contributed by atoms with Crippen molar-refractivity contribution in [2.75, 3.05) is 7.11 Å². The molecule has 9 aromatic carbocycles. The van der Waals surface area contributed by atoms with Gasteiger partial charge in [0.1, 0.15) is 0 Å². The summed E-state index contributed by atoms with van der Waals surface area (Å²) in [5, 5.41) is 53.4. The first kappa shape index (κ1) is 116. The van der Waals surface area contributed by atoms with Crippen LogP contribution in [0.25, 0.3) is 99.5 Å². The second kappa shape index (κ2) is 64.0. The average molecular weight is 2740 g/mol. The summed E-state index contributed by atoms with van der Waals surface area (Å²) in [6.45, 7) is 14.4. The van der Waals surface area contributed by atoms with E-state index >= 15 is 0 Å². The van der Waals surface area contributed by atoms with Crippen molar-refractivity contribution in [3.05, 3.63) is 344 Å². The molecular formula is C94H90F4Ir6N6O13. The minimum absolute atomic E-state index is 0. The summed E-state index contributed by atoms with van der Waals surface area (Å²) in [4.78, 5) is 71.4. The number of aromatic nitrogens is 6. The number of hydrogen-bond acceptors (Lipinski definition) is 7. The third kappa shape index (κ3) is 44.7. The number of aryl methyl sites for hydroxylation is 4. The Balaban J connectivity index is -0.00000131. The zero-order valence-electron chi connectivity index (χ0n) is 67.7. The molecule has 6 heterocycles. The minimum Gasteiger partial charge on any atom is -0.540 e. The number of carboxylic acids is 6. The van der Waals surface area contributed by atoms with Gasteiger partial charge in [-0.25, -0.2) is 0 Å². The van der Waals surface area contributed by atoms with Gasteiger partial charge in [-0.1, -0.05) is 109 Å². The number of aliphatic carboxylic acids is 6. The van der Waals surface area contributed by atoms with Crippen LogP contribution in [0.15, 0.2) is 280 Å². The van der Waals surface area contributed by atoms with E-state index in [4.69, 9.17) is 64.1 Å². The summed E-state index contributed by atoms with van der Waals surface area (Å²) < 4.78 is 49.9. The van der Waals surface area contributed by atoms with Gasteiger partial charge in [-0.15, -0.1) is 202 Å². The Hall–Kier alpha value is -10.8. The number of nitrogens with zero attached hydrogens (tertiary/aromatic N) is 6. The van der Waals surface area contributed by atoms with Crippen molar-refractivity contribution in [1.29, 1.82) is 0 Å². The minimum atomic E-state index is -4.97. The Morgan fingerprint density at radius 3 is 1.07 bits per heavy atom. The van der Waals surface area contributed by atoms with Crippen molar-refractivity contribution in [3.63, 3.8) is 0 Å². The number of aliphatic hydroxyl groups excluding tert-OH is 6. The Bertz CT molecular complexity index is 5380. The molecule has 0 saturated heterocycles. The van der Waals surface area contributed by atoms with Gasteiger partial charge in [0.25, 0.3) is 0 Å². The number of rotatable bonds is 7. The van der Waals surface area contributed by atoms with E-state index in [9.17, 15) is 17.6 Å². The first-order valence-electron chi connectivity index (χ1n) is 35.5. The van der Waals surface area contributed by atoms with Crippen LogP contribution in [0.3, 0.4) is 0 Å². The number of halogens is 4. The largest absolute Gasteiger partial charge is 0.591 e. The Morgan fingerprint density at radius 1 is 0.366 bits per heavy atom. The second-order valence-electron chi connectivity index (χ2n) is 24.2. The number of fused-ring (bicyclic) bond motifs is 5. The number of methoxy groups -OCH3 is 1. The summed E-state index contributed by atoms with van der Waals surface area (Å²) in [7, 11) is 1.65. The molecular weight excluding hydrogens is 2650 g/mol. The van der Waals surface area contributed by atoms with E-state index in [-0.39, 0.29) is 126 Å². The van der Waals surface area contributed by atoms with Gasteiger partial charge >= 0.3 is 42.0 Å². The monoisotopic (exact) mass is 2740 g/mol. The number of pyridine rings is 6. The van der Waals surface area contributed by atoms with Gasteiger partial charge in [0.05, 0.1) is 41.2 Å². The maximum absolute atomic E-state index is 12.9.